The summed E-state index contributed by atoms with van der Waals surface area (Å²) in [7, 11) is 1.38. The van der Waals surface area contributed by atoms with Crippen LogP contribution in [0.2, 0.25) is 0 Å². The van der Waals surface area contributed by atoms with Crippen LogP contribution in [0.4, 0.5) is 5.69 Å². The second-order valence-electron chi connectivity index (χ2n) is 3.75. The molecule has 0 aliphatic heterocycles. The average Bonchev–Trinajstić information content (AvgIpc) is 2.37. The van der Waals surface area contributed by atoms with Gasteiger partial charge in [-0.25, -0.2) is 5.84 Å². The van der Waals surface area contributed by atoms with Crippen molar-refractivity contribution in [2.75, 3.05) is 13.7 Å². The number of aryl methyl sites for hydroxylation is 1. The third-order valence-corrected chi connectivity index (χ3v) is 2.41. The Bertz CT molecular complexity index is 477. The standard InChI is InChI=1S/C11H15N3O5/c1-7-4-3-5-8(10(7)14(16)17)19-9(6-18-2)11(15)13-12/h3-5,9H,6,12H2,1-2H3,(H,13,15). The fraction of sp³-hybridized carbons (Fsp3) is 0.364. The number of nitrogens with zero attached hydrogens (tertiary/aromatic N) is 1. The molecule has 1 amide bonds. The summed E-state index contributed by atoms with van der Waals surface area (Å²) in [6.07, 6.45) is -1.06. The quantitative estimate of drug-likeness (QED) is 0.332. The number of hydrazine groups is 1. The number of nitro benzene ring substituents is 1. The lowest BCUT2D eigenvalue weighted by Gasteiger charge is -2.16. The molecule has 0 aliphatic rings. The van der Waals surface area contributed by atoms with E-state index in [0.717, 1.165) is 0 Å². The Kier molecular flexibility index (Phi) is 5.22. The molecule has 0 heterocycles. The van der Waals surface area contributed by atoms with Gasteiger partial charge in [-0.05, 0) is 13.0 Å². The van der Waals surface area contributed by atoms with E-state index in [9.17, 15) is 14.9 Å². The van der Waals surface area contributed by atoms with Crippen LogP contribution in [0.3, 0.4) is 0 Å². The van der Waals surface area contributed by atoms with Crippen molar-refractivity contribution in [3.8, 4) is 5.75 Å². The summed E-state index contributed by atoms with van der Waals surface area (Å²) in [6.45, 7) is 1.51. The predicted octanol–water partition coefficient (Wildman–Crippen LogP) is 0.287. The number of methoxy groups -OCH3 is 1. The molecule has 0 fully saturated rings. The summed E-state index contributed by atoms with van der Waals surface area (Å²) < 4.78 is 10.1. The minimum Gasteiger partial charge on any atom is -0.471 e. The van der Waals surface area contributed by atoms with Gasteiger partial charge in [0.1, 0.15) is 0 Å². The smallest absolute Gasteiger partial charge is 0.313 e. The second kappa shape index (κ2) is 6.66. The van der Waals surface area contributed by atoms with Crippen molar-refractivity contribution in [2.45, 2.75) is 13.0 Å². The van der Waals surface area contributed by atoms with Crippen LogP contribution in [0, 0.1) is 17.0 Å². The van der Waals surface area contributed by atoms with Gasteiger partial charge in [-0.2, -0.15) is 0 Å². The van der Waals surface area contributed by atoms with Gasteiger partial charge in [0.25, 0.3) is 5.91 Å². The minimum absolute atomic E-state index is 0.00403. The highest BCUT2D eigenvalue weighted by atomic mass is 16.6. The van der Waals surface area contributed by atoms with Crippen molar-refractivity contribution < 1.29 is 19.2 Å². The Morgan fingerprint density at radius 3 is 2.79 bits per heavy atom. The topological polar surface area (TPSA) is 117 Å². The van der Waals surface area contributed by atoms with E-state index >= 15 is 0 Å². The molecule has 104 valence electrons. The molecule has 0 saturated heterocycles. The van der Waals surface area contributed by atoms with E-state index in [1.54, 1.807) is 19.1 Å². The molecule has 1 aromatic rings. The number of benzene rings is 1. The summed E-state index contributed by atoms with van der Waals surface area (Å²) in [4.78, 5) is 21.9. The summed E-state index contributed by atoms with van der Waals surface area (Å²) in [5, 5.41) is 11.0. The highest BCUT2D eigenvalue weighted by Crippen LogP contribution is 2.30. The van der Waals surface area contributed by atoms with Crippen LogP contribution in [-0.2, 0) is 9.53 Å². The number of nitro groups is 1. The molecule has 0 bridgehead atoms. The number of rotatable bonds is 6. The molecule has 0 aromatic heterocycles. The lowest BCUT2D eigenvalue weighted by Crippen LogP contribution is -2.44. The maximum atomic E-state index is 11.5. The molecule has 3 N–H and O–H groups in total. The minimum atomic E-state index is -1.06. The molecule has 1 rings (SSSR count). The highest BCUT2D eigenvalue weighted by molar-refractivity contribution is 5.80. The van der Waals surface area contributed by atoms with Crippen LogP contribution in [0.15, 0.2) is 18.2 Å². The van der Waals surface area contributed by atoms with Crippen molar-refractivity contribution in [3.63, 3.8) is 0 Å². The van der Waals surface area contributed by atoms with Crippen LogP contribution in [0.25, 0.3) is 0 Å². The maximum Gasteiger partial charge on any atom is 0.313 e. The highest BCUT2D eigenvalue weighted by Gasteiger charge is 2.25. The Hall–Kier alpha value is -2.19. The second-order valence-corrected chi connectivity index (χ2v) is 3.75. The molecular weight excluding hydrogens is 254 g/mol. The zero-order chi connectivity index (χ0) is 14.4. The number of ether oxygens (including phenoxy) is 2. The Morgan fingerprint density at radius 1 is 1.58 bits per heavy atom. The predicted molar refractivity (Wildman–Crippen MR) is 66.5 cm³/mol. The molecule has 0 saturated carbocycles. The van der Waals surface area contributed by atoms with Gasteiger partial charge in [0.15, 0.2) is 5.75 Å². The lowest BCUT2D eigenvalue weighted by atomic mass is 10.2. The number of amides is 1. The molecular formula is C11H15N3O5. The summed E-state index contributed by atoms with van der Waals surface area (Å²) in [5.41, 5.74) is 2.17. The molecule has 0 radical (unpaired) electrons. The first-order chi connectivity index (χ1) is 9.01. The molecule has 0 aliphatic carbocycles. The SMILES string of the molecule is COCC(Oc1cccc(C)c1[N+](=O)[O-])C(=O)NN. The number of carbonyl (C=O) groups excluding carboxylic acids is 1. The van der Waals surface area contributed by atoms with Gasteiger partial charge in [-0.1, -0.05) is 12.1 Å². The first-order valence-electron chi connectivity index (χ1n) is 5.41. The number of hydrogen-bond donors (Lipinski definition) is 2. The number of para-hydroxylation sites is 1. The van der Waals surface area contributed by atoms with Gasteiger partial charge in [0.05, 0.1) is 11.5 Å². The van der Waals surface area contributed by atoms with Gasteiger partial charge in [0.2, 0.25) is 6.10 Å². The van der Waals surface area contributed by atoms with E-state index in [2.05, 4.69) is 0 Å². The first kappa shape index (κ1) is 14.9. The van der Waals surface area contributed by atoms with Crippen LogP contribution in [0.5, 0.6) is 5.75 Å². The Labute approximate surface area is 109 Å². The molecule has 19 heavy (non-hydrogen) atoms. The fourth-order valence-electron chi connectivity index (χ4n) is 1.52. The number of carbonyl (C=O) groups is 1. The van der Waals surface area contributed by atoms with Gasteiger partial charge in [-0.3, -0.25) is 20.3 Å². The van der Waals surface area contributed by atoms with Crippen LogP contribution in [0.1, 0.15) is 5.56 Å². The fourth-order valence-corrected chi connectivity index (χ4v) is 1.52. The molecule has 0 spiro atoms. The summed E-state index contributed by atoms with van der Waals surface area (Å²) >= 11 is 0. The Balaban J connectivity index is 3.05. The molecule has 1 atom stereocenters. The van der Waals surface area contributed by atoms with E-state index in [-0.39, 0.29) is 18.0 Å². The third kappa shape index (κ3) is 3.63. The van der Waals surface area contributed by atoms with E-state index in [0.29, 0.717) is 5.56 Å². The van der Waals surface area contributed by atoms with Gasteiger partial charge < -0.3 is 9.47 Å². The number of nitrogens with two attached hydrogens (primary N) is 1. The van der Waals surface area contributed by atoms with Gasteiger partial charge >= 0.3 is 5.69 Å². The van der Waals surface area contributed by atoms with Gasteiger partial charge in [0, 0.05) is 12.7 Å². The third-order valence-electron chi connectivity index (χ3n) is 2.41. The number of hydrogen-bond acceptors (Lipinski definition) is 6. The average molecular weight is 269 g/mol. The van der Waals surface area contributed by atoms with E-state index < -0.39 is 16.9 Å². The molecule has 1 unspecified atom stereocenters. The van der Waals surface area contributed by atoms with Crippen molar-refractivity contribution in [2.24, 2.45) is 5.84 Å². The largest absolute Gasteiger partial charge is 0.471 e. The van der Waals surface area contributed by atoms with Crippen molar-refractivity contribution in [1.29, 1.82) is 0 Å². The van der Waals surface area contributed by atoms with E-state index in [4.69, 9.17) is 15.3 Å². The van der Waals surface area contributed by atoms with E-state index in [1.807, 2.05) is 5.43 Å². The van der Waals surface area contributed by atoms with Crippen LogP contribution in [-0.4, -0.2) is 30.7 Å². The van der Waals surface area contributed by atoms with E-state index in [1.165, 1.54) is 13.2 Å². The zero-order valence-electron chi connectivity index (χ0n) is 10.6. The van der Waals surface area contributed by atoms with Crippen LogP contribution < -0.4 is 16.0 Å². The number of nitrogens with one attached hydrogen (secondary N) is 1. The Morgan fingerprint density at radius 2 is 2.26 bits per heavy atom. The monoisotopic (exact) mass is 269 g/mol. The van der Waals surface area contributed by atoms with Crippen molar-refractivity contribution in [3.05, 3.63) is 33.9 Å². The first-order valence-corrected chi connectivity index (χ1v) is 5.41. The molecule has 1 aromatic carbocycles. The van der Waals surface area contributed by atoms with Gasteiger partial charge in [-0.15, -0.1) is 0 Å². The van der Waals surface area contributed by atoms with Crippen LogP contribution >= 0.6 is 0 Å². The molecule has 8 nitrogen and oxygen atoms in total. The summed E-state index contributed by atoms with van der Waals surface area (Å²) in [5.74, 6) is 4.38. The molecule has 8 heteroatoms. The summed E-state index contributed by atoms with van der Waals surface area (Å²) in [6, 6.07) is 4.60. The van der Waals surface area contributed by atoms with Crippen molar-refractivity contribution in [1.82, 2.24) is 5.43 Å². The lowest BCUT2D eigenvalue weighted by molar-refractivity contribution is -0.386. The van der Waals surface area contributed by atoms with Crippen molar-refractivity contribution >= 4 is 11.6 Å². The maximum absolute atomic E-state index is 11.5. The normalized spacial score (nSPS) is 11.7. The zero-order valence-corrected chi connectivity index (χ0v) is 10.6.